The smallest absolute Gasteiger partial charge is 0.372 e. The van der Waals surface area contributed by atoms with E-state index in [1.54, 1.807) is 13.0 Å². The largest absolute Gasteiger partial charge is 0.475 e. The molecule has 0 atom stereocenters. The minimum atomic E-state index is -1.00. The van der Waals surface area contributed by atoms with Gasteiger partial charge in [0.15, 0.2) is 0 Å². The van der Waals surface area contributed by atoms with E-state index in [0.717, 1.165) is 13.0 Å². The van der Waals surface area contributed by atoms with Crippen molar-refractivity contribution in [3.63, 3.8) is 0 Å². The van der Waals surface area contributed by atoms with Gasteiger partial charge in [0, 0.05) is 5.56 Å². The molecule has 0 aliphatic carbocycles. The van der Waals surface area contributed by atoms with Crippen LogP contribution in [0.3, 0.4) is 0 Å². The van der Waals surface area contributed by atoms with Crippen molar-refractivity contribution < 1.29 is 14.3 Å². The minimum Gasteiger partial charge on any atom is -0.475 e. The van der Waals surface area contributed by atoms with Gasteiger partial charge in [-0.05, 0) is 26.0 Å². The first kappa shape index (κ1) is 15.8. The van der Waals surface area contributed by atoms with E-state index < -0.39 is 5.97 Å². The molecule has 0 amide bonds. The normalized spacial score (nSPS) is 10.8. The molecule has 0 aromatic carbocycles. The highest BCUT2D eigenvalue weighted by atomic mass is 16.4. The Morgan fingerprint density at radius 3 is 2.58 bits per heavy atom. The van der Waals surface area contributed by atoms with Crippen molar-refractivity contribution in [2.75, 3.05) is 6.54 Å². The maximum Gasteiger partial charge on any atom is 0.372 e. The standard InChI is InChI=1S/C15H25NO3/c1-3-4-5-6-7-8-9-16-11-13-10-12(2)14(19-13)15(17)18/h10,16H,3-9,11H2,1-2H3,(H,17,18). The molecule has 0 radical (unpaired) electrons. The van der Waals surface area contributed by atoms with Gasteiger partial charge in [0.2, 0.25) is 5.76 Å². The van der Waals surface area contributed by atoms with E-state index in [0.29, 0.717) is 17.9 Å². The molecular weight excluding hydrogens is 242 g/mol. The summed E-state index contributed by atoms with van der Waals surface area (Å²) in [6.45, 7) is 5.53. The molecule has 1 aromatic rings. The van der Waals surface area contributed by atoms with Crippen LogP contribution in [0.2, 0.25) is 0 Å². The summed E-state index contributed by atoms with van der Waals surface area (Å²) < 4.78 is 5.27. The highest BCUT2D eigenvalue weighted by Gasteiger charge is 2.13. The van der Waals surface area contributed by atoms with Crippen LogP contribution in [0.1, 0.15) is 67.3 Å². The lowest BCUT2D eigenvalue weighted by molar-refractivity contribution is 0.0659. The van der Waals surface area contributed by atoms with Gasteiger partial charge in [-0.2, -0.15) is 0 Å². The summed E-state index contributed by atoms with van der Waals surface area (Å²) in [6, 6.07) is 1.79. The molecule has 4 nitrogen and oxygen atoms in total. The molecule has 1 aromatic heterocycles. The zero-order chi connectivity index (χ0) is 14.1. The second-order valence-electron chi connectivity index (χ2n) is 4.97. The molecule has 0 aliphatic rings. The van der Waals surface area contributed by atoms with Gasteiger partial charge < -0.3 is 14.8 Å². The number of carboxylic acids is 1. The highest BCUT2D eigenvalue weighted by Crippen LogP contribution is 2.14. The van der Waals surface area contributed by atoms with Gasteiger partial charge in [-0.1, -0.05) is 39.0 Å². The Bertz CT molecular complexity index is 385. The van der Waals surface area contributed by atoms with Crippen LogP contribution in [-0.2, 0) is 6.54 Å². The fourth-order valence-corrected chi connectivity index (χ4v) is 2.09. The molecule has 19 heavy (non-hydrogen) atoms. The summed E-state index contributed by atoms with van der Waals surface area (Å²) in [5.74, 6) is -0.253. The summed E-state index contributed by atoms with van der Waals surface area (Å²) in [5.41, 5.74) is 0.684. The molecule has 0 bridgehead atoms. The Labute approximate surface area is 115 Å². The van der Waals surface area contributed by atoms with Gasteiger partial charge in [-0.25, -0.2) is 4.79 Å². The molecule has 2 N–H and O–H groups in total. The third-order valence-corrected chi connectivity index (χ3v) is 3.17. The SMILES string of the molecule is CCCCCCCCNCc1cc(C)c(C(=O)O)o1. The van der Waals surface area contributed by atoms with Gasteiger partial charge in [0.05, 0.1) is 6.54 Å². The van der Waals surface area contributed by atoms with Crippen LogP contribution in [0, 0.1) is 6.92 Å². The average Bonchev–Trinajstić information content (AvgIpc) is 2.74. The summed E-state index contributed by atoms with van der Waals surface area (Å²) in [5, 5.41) is 12.2. The highest BCUT2D eigenvalue weighted by molar-refractivity contribution is 5.86. The Hall–Kier alpha value is -1.29. The van der Waals surface area contributed by atoms with Crippen molar-refractivity contribution in [3.8, 4) is 0 Å². The molecule has 0 saturated heterocycles. The Morgan fingerprint density at radius 1 is 1.26 bits per heavy atom. The number of rotatable bonds is 10. The minimum absolute atomic E-state index is 0.0522. The van der Waals surface area contributed by atoms with Crippen LogP contribution in [0.5, 0.6) is 0 Å². The van der Waals surface area contributed by atoms with Crippen LogP contribution < -0.4 is 5.32 Å². The van der Waals surface area contributed by atoms with E-state index in [4.69, 9.17) is 9.52 Å². The van der Waals surface area contributed by atoms with Crippen molar-refractivity contribution in [3.05, 3.63) is 23.2 Å². The fraction of sp³-hybridized carbons (Fsp3) is 0.667. The van der Waals surface area contributed by atoms with E-state index in [-0.39, 0.29) is 5.76 Å². The van der Waals surface area contributed by atoms with E-state index in [9.17, 15) is 4.79 Å². The van der Waals surface area contributed by atoms with Gasteiger partial charge in [0.25, 0.3) is 0 Å². The van der Waals surface area contributed by atoms with E-state index in [1.807, 2.05) is 0 Å². The van der Waals surface area contributed by atoms with Crippen molar-refractivity contribution in [2.45, 2.75) is 58.9 Å². The number of carbonyl (C=O) groups is 1. The average molecular weight is 267 g/mol. The lowest BCUT2D eigenvalue weighted by Crippen LogP contribution is -2.14. The summed E-state index contributed by atoms with van der Waals surface area (Å²) in [7, 11) is 0. The lowest BCUT2D eigenvalue weighted by atomic mass is 10.1. The van der Waals surface area contributed by atoms with Crippen molar-refractivity contribution >= 4 is 5.97 Å². The van der Waals surface area contributed by atoms with E-state index >= 15 is 0 Å². The van der Waals surface area contributed by atoms with Gasteiger partial charge in [-0.3, -0.25) is 0 Å². The van der Waals surface area contributed by atoms with Crippen molar-refractivity contribution in [2.24, 2.45) is 0 Å². The summed E-state index contributed by atoms with van der Waals surface area (Å²) in [4.78, 5) is 10.8. The number of unbranched alkanes of at least 4 members (excludes halogenated alkanes) is 5. The first-order chi connectivity index (χ1) is 9.15. The predicted molar refractivity (Wildman–Crippen MR) is 75.5 cm³/mol. The molecule has 0 spiro atoms. The second-order valence-corrected chi connectivity index (χ2v) is 4.97. The van der Waals surface area contributed by atoms with Gasteiger partial charge >= 0.3 is 5.97 Å². The number of aromatic carboxylic acids is 1. The first-order valence-electron chi connectivity index (χ1n) is 7.18. The Balaban J connectivity index is 2.12. The third-order valence-electron chi connectivity index (χ3n) is 3.17. The molecule has 0 saturated carbocycles. The molecule has 0 aliphatic heterocycles. The van der Waals surface area contributed by atoms with E-state index in [2.05, 4.69) is 12.2 Å². The van der Waals surface area contributed by atoms with Crippen LogP contribution in [0.15, 0.2) is 10.5 Å². The lowest BCUT2D eigenvalue weighted by Gasteiger charge is -2.02. The maximum absolute atomic E-state index is 10.8. The number of aryl methyl sites for hydroxylation is 1. The number of carboxylic acid groups (broad SMARTS) is 1. The molecule has 4 heteroatoms. The fourth-order valence-electron chi connectivity index (χ4n) is 2.09. The van der Waals surface area contributed by atoms with Crippen molar-refractivity contribution in [1.82, 2.24) is 5.32 Å². The quantitative estimate of drug-likeness (QED) is 0.634. The van der Waals surface area contributed by atoms with Crippen LogP contribution in [0.4, 0.5) is 0 Å². The molecular formula is C15H25NO3. The Kier molecular flexibility index (Phi) is 7.26. The molecule has 0 unspecified atom stereocenters. The molecule has 108 valence electrons. The number of furan rings is 1. The maximum atomic E-state index is 10.8. The van der Waals surface area contributed by atoms with Crippen molar-refractivity contribution in [1.29, 1.82) is 0 Å². The second kappa shape index (κ2) is 8.75. The Morgan fingerprint density at radius 2 is 1.95 bits per heavy atom. The number of nitrogens with one attached hydrogen (secondary N) is 1. The molecule has 1 heterocycles. The van der Waals surface area contributed by atoms with Crippen LogP contribution in [-0.4, -0.2) is 17.6 Å². The number of hydrogen-bond acceptors (Lipinski definition) is 3. The zero-order valence-electron chi connectivity index (χ0n) is 12.0. The molecule has 1 rings (SSSR count). The van der Waals surface area contributed by atoms with Gasteiger partial charge in [0.1, 0.15) is 5.76 Å². The zero-order valence-corrected chi connectivity index (χ0v) is 12.0. The first-order valence-corrected chi connectivity index (χ1v) is 7.18. The summed E-state index contributed by atoms with van der Waals surface area (Å²) in [6.07, 6.45) is 7.66. The van der Waals surface area contributed by atoms with Crippen LogP contribution >= 0.6 is 0 Å². The predicted octanol–water partition coefficient (Wildman–Crippen LogP) is 3.74. The molecule has 0 fully saturated rings. The monoisotopic (exact) mass is 267 g/mol. The third kappa shape index (κ3) is 5.92. The summed E-state index contributed by atoms with van der Waals surface area (Å²) >= 11 is 0. The topological polar surface area (TPSA) is 62.5 Å². The van der Waals surface area contributed by atoms with Crippen LogP contribution in [0.25, 0.3) is 0 Å². The number of hydrogen-bond donors (Lipinski definition) is 2. The van der Waals surface area contributed by atoms with Gasteiger partial charge in [-0.15, -0.1) is 0 Å². The van der Waals surface area contributed by atoms with E-state index in [1.165, 1.54) is 32.1 Å².